The summed E-state index contributed by atoms with van der Waals surface area (Å²) in [4.78, 5) is 14.8. The first-order valence-corrected chi connectivity index (χ1v) is 9.06. The fourth-order valence-corrected chi connectivity index (χ4v) is 4.00. The van der Waals surface area contributed by atoms with Gasteiger partial charge in [0.15, 0.2) is 0 Å². The van der Waals surface area contributed by atoms with E-state index < -0.39 is 0 Å². The summed E-state index contributed by atoms with van der Waals surface area (Å²) in [5.74, 6) is 0. The first-order valence-electron chi connectivity index (χ1n) is 9.06. The van der Waals surface area contributed by atoms with E-state index in [-0.39, 0.29) is 5.56 Å². The summed E-state index contributed by atoms with van der Waals surface area (Å²) >= 11 is 0. The van der Waals surface area contributed by atoms with Crippen LogP contribution in [0.2, 0.25) is 0 Å². The highest BCUT2D eigenvalue weighted by atomic mass is 16.1. The van der Waals surface area contributed by atoms with Crippen LogP contribution in [0.15, 0.2) is 35.1 Å². The second kappa shape index (κ2) is 6.81. The number of benzene rings is 1. The summed E-state index contributed by atoms with van der Waals surface area (Å²) in [6, 6.07) is 12.1. The average molecular weight is 334 g/mol. The van der Waals surface area contributed by atoms with Crippen LogP contribution in [0, 0.1) is 11.3 Å². The van der Waals surface area contributed by atoms with Crippen LogP contribution in [0.1, 0.15) is 41.6 Å². The monoisotopic (exact) mass is 334 g/mol. The van der Waals surface area contributed by atoms with Crippen molar-refractivity contribution in [3.05, 3.63) is 63.1 Å². The minimum absolute atomic E-state index is 0.0332. The van der Waals surface area contributed by atoms with Crippen LogP contribution in [0.25, 0.3) is 0 Å². The van der Waals surface area contributed by atoms with Gasteiger partial charge in [-0.1, -0.05) is 12.1 Å². The Kier molecular flexibility index (Phi) is 4.37. The second-order valence-corrected chi connectivity index (χ2v) is 7.07. The summed E-state index contributed by atoms with van der Waals surface area (Å²) in [6.07, 6.45) is 5.35. The van der Waals surface area contributed by atoms with Gasteiger partial charge in [0, 0.05) is 18.7 Å². The third kappa shape index (κ3) is 3.35. The number of aromatic nitrogens is 2. The predicted molar refractivity (Wildman–Crippen MR) is 95.1 cm³/mol. The Bertz CT molecular complexity index is 863. The van der Waals surface area contributed by atoms with Crippen molar-refractivity contribution in [1.29, 1.82) is 5.26 Å². The van der Waals surface area contributed by atoms with Gasteiger partial charge in [0.2, 0.25) is 0 Å². The highest BCUT2D eigenvalue weighted by molar-refractivity contribution is 5.31. The minimum Gasteiger partial charge on any atom is -0.294 e. The Balaban J connectivity index is 1.48. The van der Waals surface area contributed by atoms with Gasteiger partial charge in [-0.3, -0.25) is 9.69 Å². The van der Waals surface area contributed by atoms with Crippen LogP contribution in [-0.4, -0.2) is 27.3 Å². The molecule has 1 aromatic heterocycles. The summed E-state index contributed by atoms with van der Waals surface area (Å²) in [5, 5.41) is 13.5. The molecule has 1 saturated heterocycles. The van der Waals surface area contributed by atoms with Gasteiger partial charge < -0.3 is 0 Å². The van der Waals surface area contributed by atoms with Crippen LogP contribution in [0.5, 0.6) is 0 Å². The molecule has 1 atom stereocenters. The van der Waals surface area contributed by atoms with E-state index in [0.29, 0.717) is 18.2 Å². The van der Waals surface area contributed by atoms with Crippen molar-refractivity contribution in [2.45, 2.75) is 51.2 Å². The minimum atomic E-state index is 0.0332. The maximum Gasteiger partial charge on any atom is 0.267 e. The topological polar surface area (TPSA) is 61.9 Å². The highest BCUT2D eigenvalue weighted by Crippen LogP contribution is 2.22. The molecule has 4 rings (SSSR count). The lowest BCUT2D eigenvalue weighted by Gasteiger charge is -2.25. The molecule has 25 heavy (non-hydrogen) atoms. The van der Waals surface area contributed by atoms with Gasteiger partial charge >= 0.3 is 0 Å². The van der Waals surface area contributed by atoms with Crippen molar-refractivity contribution in [3.63, 3.8) is 0 Å². The lowest BCUT2D eigenvalue weighted by Crippen LogP contribution is -2.37. The van der Waals surface area contributed by atoms with Crippen LogP contribution in [-0.2, 0) is 25.9 Å². The number of nitriles is 1. The van der Waals surface area contributed by atoms with E-state index in [2.05, 4.69) is 16.1 Å². The molecule has 2 heterocycles. The van der Waals surface area contributed by atoms with Crippen LogP contribution < -0.4 is 5.56 Å². The molecule has 2 aromatic rings. The van der Waals surface area contributed by atoms with E-state index in [9.17, 15) is 4.79 Å². The predicted octanol–water partition coefficient (Wildman–Crippen LogP) is 2.27. The van der Waals surface area contributed by atoms with Gasteiger partial charge in [0.05, 0.1) is 23.9 Å². The fraction of sp³-hybridized carbons (Fsp3) is 0.450. The number of nitrogens with zero attached hydrogens (tertiary/aromatic N) is 4. The van der Waals surface area contributed by atoms with E-state index in [1.807, 2.05) is 24.3 Å². The second-order valence-electron chi connectivity index (χ2n) is 7.07. The Hall–Kier alpha value is -2.45. The first kappa shape index (κ1) is 16.0. The average Bonchev–Trinajstić information content (AvgIpc) is 3.25. The maximum absolute atomic E-state index is 12.4. The molecule has 5 nitrogen and oxygen atoms in total. The zero-order valence-corrected chi connectivity index (χ0v) is 14.3. The lowest BCUT2D eigenvalue weighted by atomic mass is 10.1. The van der Waals surface area contributed by atoms with E-state index in [0.717, 1.165) is 56.5 Å². The van der Waals surface area contributed by atoms with E-state index in [1.165, 1.54) is 5.56 Å². The molecule has 2 aliphatic rings. The van der Waals surface area contributed by atoms with Crippen molar-refractivity contribution in [3.8, 4) is 6.07 Å². The Labute approximate surface area is 147 Å². The molecular formula is C20H22N4O. The van der Waals surface area contributed by atoms with Gasteiger partial charge in [-0.15, -0.1) is 0 Å². The number of fused-ring (bicyclic) bond motifs is 1. The van der Waals surface area contributed by atoms with Crippen molar-refractivity contribution < 1.29 is 0 Å². The van der Waals surface area contributed by atoms with Crippen molar-refractivity contribution in [2.24, 2.45) is 0 Å². The smallest absolute Gasteiger partial charge is 0.267 e. The largest absolute Gasteiger partial charge is 0.294 e. The van der Waals surface area contributed by atoms with Crippen LogP contribution in [0.4, 0.5) is 0 Å². The molecule has 1 aliphatic carbocycles. The van der Waals surface area contributed by atoms with E-state index >= 15 is 0 Å². The van der Waals surface area contributed by atoms with E-state index in [1.54, 1.807) is 10.7 Å². The first-order chi connectivity index (χ1) is 12.2. The number of rotatable bonds is 4. The highest BCUT2D eigenvalue weighted by Gasteiger charge is 2.26. The molecular weight excluding hydrogens is 312 g/mol. The van der Waals surface area contributed by atoms with Crippen LogP contribution in [0.3, 0.4) is 0 Å². The Morgan fingerprint density at radius 1 is 1.20 bits per heavy atom. The third-order valence-electron chi connectivity index (χ3n) is 5.38. The zero-order valence-electron chi connectivity index (χ0n) is 14.3. The fourth-order valence-electron chi connectivity index (χ4n) is 4.00. The Morgan fingerprint density at radius 3 is 2.84 bits per heavy atom. The number of likely N-dealkylation sites (tertiary alicyclic amines) is 1. The lowest BCUT2D eigenvalue weighted by molar-refractivity contribution is 0.216. The summed E-state index contributed by atoms with van der Waals surface area (Å²) in [6.45, 7) is 2.57. The Morgan fingerprint density at radius 2 is 2.04 bits per heavy atom. The van der Waals surface area contributed by atoms with Crippen LogP contribution >= 0.6 is 0 Å². The zero-order chi connectivity index (χ0) is 17.2. The van der Waals surface area contributed by atoms with E-state index in [4.69, 9.17) is 5.26 Å². The molecule has 0 bridgehead atoms. The standard InChI is InChI=1S/C20H22N4O/c21-12-15-6-8-16(9-7-15)13-23-10-2-4-18(23)14-24-20(25)11-17-3-1-5-19(17)22-24/h6-9,11,18H,1-5,10,13-14H2. The quantitative estimate of drug-likeness (QED) is 0.860. The van der Waals surface area contributed by atoms with Crippen molar-refractivity contribution in [2.75, 3.05) is 6.54 Å². The summed E-state index contributed by atoms with van der Waals surface area (Å²) in [7, 11) is 0. The molecule has 128 valence electrons. The van der Waals surface area contributed by atoms with Gasteiger partial charge in [0.25, 0.3) is 5.56 Å². The van der Waals surface area contributed by atoms with Gasteiger partial charge in [-0.05, 0) is 61.9 Å². The van der Waals surface area contributed by atoms with Crippen molar-refractivity contribution in [1.82, 2.24) is 14.7 Å². The molecule has 1 fully saturated rings. The molecule has 0 saturated carbocycles. The maximum atomic E-state index is 12.4. The summed E-state index contributed by atoms with van der Waals surface area (Å²) in [5.41, 5.74) is 4.18. The number of hydrogen-bond donors (Lipinski definition) is 0. The van der Waals surface area contributed by atoms with Gasteiger partial charge in [-0.25, -0.2) is 4.68 Å². The van der Waals surface area contributed by atoms with Gasteiger partial charge in [0.1, 0.15) is 0 Å². The number of aryl methyl sites for hydroxylation is 2. The molecule has 0 amide bonds. The molecule has 1 aromatic carbocycles. The molecule has 1 aliphatic heterocycles. The summed E-state index contributed by atoms with van der Waals surface area (Å²) < 4.78 is 1.67. The van der Waals surface area contributed by atoms with Crippen molar-refractivity contribution >= 4 is 0 Å². The molecule has 5 heteroatoms. The molecule has 1 unspecified atom stereocenters. The molecule has 0 spiro atoms. The third-order valence-corrected chi connectivity index (χ3v) is 5.38. The molecule has 0 N–H and O–H groups in total. The van der Waals surface area contributed by atoms with Gasteiger partial charge in [-0.2, -0.15) is 10.4 Å². The molecule has 0 radical (unpaired) electrons. The number of hydrogen-bond acceptors (Lipinski definition) is 4. The SMILES string of the molecule is N#Cc1ccc(CN2CCCC2Cn2nc3c(cc2=O)CCC3)cc1. The normalized spacial score (nSPS) is 19.7.